The summed E-state index contributed by atoms with van der Waals surface area (Å²) >= 11 is 1.57. The molecule has 7 heteroatoms. The molecule has 22 heavy (non-hydrogen) atoms. The number of thiazole rings is 1. The van der Waals surface area contributed by atoms with Crippen molar-refractivity contribution in [1.29, 1.82) is 0 Å². The molecule has 1 saturated heterocycles. The minimum Gasteiger partial charge on any atom is -0.342 e. The number of likely N-dealkylation sites (tertiary alicyclic amines) is 1. The minimum absolute atomic E-state index is 0.135. The van der Waals surface area contributed by atoms with Crippen molar-refractivity contribution >= 4 is 28.3 Å². The fourth-order valence-electron chi connectivity index (χ4n) is 2.67. The van der Waals surface area contributed by atoms with Gasteiger partial charge in [-0.1, -0.05) is 0 Å². The molecular weight excluding hydrogens is 298 g/mol. The van der Waals surface area contributed by atoms with E-state index >= 15 is 0 Å². The average molecular weight is 317 g/mol. The highest BCUT2D eigenvalue weighted by atomic mass is 32.1. The van der Waals surface area contributed by atoms with Gasteiger partial charge in [0.2, 0.25) is 11.9 Å². The summed E-state index contributed by atoms with van der Waals surface area (Å²) in [6.07, 6.45) is 5.65. The van der Waals surface area contributed by atoms with E-state index in [0.29, 0.717) is 5.95 Å². The monoisotopic (exact) mass is 317 g/mol. The third kappa shape index (κ3) is 3.41. The third-order valence-corrected chi connectivity index (χ3v) is 4.63. The molecule has 2 aromatic rings. The Morgan fingerprint density at radius 3 is 3.05 bits per heavy atom. The second kappa shape index (κ2) is 6.39. The molecule has 1 aliphatic rings. The molecule has 0 bridgehead atoms. The van der Waals surface area contributed by atoms with E-state index in [-0.39, 0.29) is 11.8 Å². The van der Waals surface area contributed by atoms with E-state index in [9.17, 15) is 4.79 Å². The lowest BCUT2D eigenvalue weighted by Gasteiger charge is -2.31. The highest BCUT2D eigenvalue weighted by Gasteiger charge is 2.24. The van der Waals surface area contributed by atoms with Crippen LogP contribution in [0, 0.1) is 6.92 Å². The van der Waals surface area contributed by atoms with Crippen LogP contribution in [0.1, 0.15) is 36.3 Å². The quantitative estimate of drug-likeness (QED) is 0.942. The Bertz CT molecular complexity index is 671. The van der Waals surface area contributed by atoms with Crippen molar-refractivity contribution in [3.8, 4) is 0 Å². The number of aryl methyl sites for hydroxylation is 1. The molecule has 6 nitrogen and oxygen atoms in total. The molecule has 0 aromatic carbocycles. The van der Waals surface area contributed by atoms with E-state index in [1.54, 1.807) is 24.5 Å². The maximum Gasteiger partial charge on any atom is 0.229 e. The van der Waals surface area contributed by atoms with E-state index in [0.717, 1.165) is 41.6 Å². The second-order valence-corrected chi connectivity index (χ2v) is 6.75. The van der Waals surface area contributed by atoms with Crippen LogP contribution in [0.15, 0.2) is 18.5 Å². The van der Waals surface area contributed by atoms with Crippen LogP contribution in [0.25, 0.3) is 0 Å². The Kier molecular flexibility index (Phi) is 4.33. The smallest absolute Gasteiger partial charge is 0.229 e. The van der Waals surface area contributed by atoms with Crippen LogP contribution in [-0.4, -0.2) is 38.8 Å². The third-order valence-electron chi connectivity index (χ3n) is 3.80. The first-order valence-electron chi connectivity index (χ1n) is 7.40. The molecule has 1 unspecified atom stereocenters. The summed E-state index contributed by atoms with van der Waals surface area (Å²) in [7, 11) is 0. The van der Waals surface area contributed by atoms with Gasteiger partial charge >= 0.3 is 0 Å². The van der Waals surface area contributed by atoms with Crippen LogP contribution in [0.3, 0.4) is 0 Å². The first-order chi connectivity index (χ1) is 10.6. The van der Waals surface area contributed by atoms with Crippen LogP contribution in [0.2, 0.25) is 0 Å². The number of aromatic nitrogens is 3. The number of piperidine rings is 1. The van der Waals surface area contributed by atoms with Crippen LogP contribution in [0.4, 0.5) is 11.1 Å². The summed E-state index contributed by atoms with van der Waals surface area (Å²) in [5.74, 6) is 0.974. The number of nitrogens with one attached hydrogen (secondary N) is 1. The van der Waals surface area contributed by atoms with Gasteiger partial charge in [0.05, 0.1) is 5.69 Å². The summed E-state index contributed by atoms with van der Waals surface area (Å²) in [6.45, 7) is 5.22. The SMILES string of the molecule is CC(=O)N1CCCC(c2ccnc(Nc3ncc(C)s3)n2)C1. The van der Waals surface area contributed by atoms with Crippen molar-refractivity contribution in [3.63, 3.8) is 0 Å². The molecule has 0 spiro atoms. The molecule has 3 heterocycles. The lowest BCUT2D eigenvalue weighted by atomic mass is 9.94. The lowest BCUT2D eigenvalue weighted by Crippen LogP contribution is -2.37. The minimum atomic E-state index is 0.135. The Morgan fingerprint density at radius 2 is 2.32 bits per heavy atom. The van der Waals surface area contributed by atoms with Crippen LogP contribution < -0.4 is 5.32 Å². The van der Waals surface area contributed by atoms with Gasteiger partial charge in [0.25, 0.3) is 0 Å². The van der Waals surface area contributed by atoms with Gasteiger partial charge < -0.3 is 10.2 Å². The molecule has 0 radical (unpaired) electrons. The molecule has 1 N–H and O–H groups in total. The largest absolute Gasteiger partial charge is 0.342 e. The number of hydrogen-bond donors (Lipinski definition) is 1. The highest BCUT2D eigenvalue weighted by Crippen LogP contribution is 2.27. The second-order valence-electron chi connectivity index (χ2n) is 5.51. The maximum atomic E-state index is 11.6. The zero-order valence-corrected chi connectivity index (χ0v) is 13.6. The van der Waals surface area contributed by atoms with Gasteiger partial charge in [0, 0.05) is 43.2 Å². The van der Waals surface area contributed by atoms with Crippen LogP contribution >= 0.6 is 11.3 Å². The topological polar surface area (TPSA) is 71.0 Å². The van der Waals surface area contributed by atoms with E-state index in [4.69, 9.17) is 0 Å². The zero-order chi connectivity index (χ0) is 15.5. The predicted molar refractivity (Wildman–Crippen MR) is 86.4 cm³/mol. The van der Waals surface area contributed by atoms with Crippen molar-refractivity contribution in [1.82, 2.24) is 19.9 Å². The molecule has 1 fully saturated rings. The number of rotatable bonds is 3. The Morgan fingerprint density at radius 1 is 1.45 bits per heavy atom. The molecule has 0 aliphatic carbocycles. The van der Waals surface area contributed by atoms with Crippen LogP contribution in [0.5, 0.6) is 0 Å². The molecule has 1 amide bonds. The molecule has 2 aromatic heterocycles. The fourth-order valence-corrected chi connectivity index (χ4v) is 3.33. The van der Waals surface area contributed by atoms with Gasteiger partial charge in [-0.05, 0) is 25.8 Å². The predicted octanol–water partition coefficient (Wildman–Crippen LogP) is 2.71. The lowest BCUT2D eigenvalue weighted by molar-refractivity contribution is -0.130. The van der Waals surface area contributed by atoms with Gasteiger partial charge in [-0.2, -0.15) is 0 Å². The normalized spacial score (nSPS) is 18.3. The van der Waals surface area contributed by atoms with Gasteiger partial charge in [-0.25, -0.2) is 15.0 Å². The number of anilines is 2. The van der Waals surface area contributed by atoms with Gasteiger partial charge in [0.15, 0.2) is 5.13 Å². The number of amides is 1. The molecule has 1 aliphatic heterocycles. The Hall–Kier alpha value is -2.02. The van der Waals surface area contributed by atoms with Gasteiger partial charge in [-0.3, -0.25) is 4.79 Å². The number of carbonyl (C=O) groups is 1. The van der Waals surface area contributed by atoms with E-state index < -0.39 is 0 Å². The van der Waals surface area contributed by atoms with E-state index in [1.807, 2.05) is 24.1 Å². The molecule has 116 valence electrons. The molecule has 0 saturated carbocycles. The first kappa shape index (κ1) is 14.9. The Labute approximate surface area is 133 Å². The van der Waals surface area contributed by atoms with Crippen molar-refractivity contribution in [2.45, 2.75) is 32.6 Å². The summed E-state index contributed by atoms with van der Waals surface area (Å²) in [5.41, 5.74) is 0.983. The number of nitrogens with zero attached hydrogens (tertiary/aromatic N) is 4. The Balaban J connectivity index is 1.74. The first-order valence-corrected chi connectivity index (χ1v) is 8.21. The molecular formula is C15H19N5OS. The van der Waals surface area contributed by atoms with Crippen LogP contribution in [-0.2, 0) is 4.79 Å². The van der Waals surface area contributed by atoms with E-state index in [2.05, 4.69) is 20.3 Å². The summed E-state index contributed by atoms with van der Waals surface area (Å²) in [6, 6.07) is 1.94. The summed E-state index contributed by atoms with van der Waals surface area (Å²) in [4.78, 5) is 27.7. The van der Waals surface area contributed by atoms with Crippen molar-refractivity contribution < 1.29 is 4.79 Å². The zero-order valence-electron chi connectivity index (χ0n) is 12.7. The number of carbonyl (C=O) groups excluding carboxylic acids is 1. The van der Waals surface area contributed by atoms with E-state index in [1.165, 1.54) is 0 Å². The van der Waals surface area contributed by atoms with Crippen molar-refractivity contribution in [3.05, 3.63) is 29.0 Å². The molecule has 3 rings (SSSR count). The summed E-state index contributed by atoms with van der Waals surface area (Å²) in [5, 5.41) is 3.94. The van der Waals surface area contributed by atoms with Gasteiger partial charge in [-0.15, -0.1) is 11.3 Å². The van der Waals surface area contributed by atoms with Crippen molar-refractivity contribution in [2.24, 2.45) is 0 Å². The summed E-state index contributed by atoms with van der Waals surface area (Å²) < 4.78 is 0. The number of hydrogen-bond acceptors (Lipinski definition) is 6. The van der Waals surface area contributed by atoms with Gasteiger partial charge in [0.1, 0.15) is 0 Å². The standard InChI is InChI=1S/C15H19N5OS/c1-10-8-17-15(22-10)19-14-16-6-5-13(18-14)12-4-3-7-20(9-12)11(2)21/h5-6,8,12H,3-4,7,9H2,1-2H3,(H,16,17,18,19). The fraction of sp³-hybridized carbons (Fsp3) is 0.467. The maximum absolute atomic E-state index is 11.6. The highest BCUT2D eigenvalue weighted by molar-refractivity contribution is 7.15. The molecule has 1 atom stereocenters. The van der Waals surface area contributed by atoms with Crippen molar-refractivity contribution in [2.75, 3.05) is 18.4 Å². The average Bonchev–Trinajstić information content (AvgIpc) is 2.93.